The summed E-state index contributed by atoms with van der Waals surface area (Å²) in [7, 11) is 0. The number of carbonyl (C=O) groups is 1. The number of hydrogen-bond acceptors (Lipinski definition) is 5. The highest BCUT2D eigenvalue weighted by molar-refractivity contribution is 5.82. The Balaban J connectivity index is 3.41. The van der Waals surface area contributed by atoms with Crippen molar-refractivity contribution in [1.29, 1.82) is 0 Å². The molecule has 0 aliphatic rings. The topological polar surface area (TPSA) is 70.8 Å². The van der Waals surface area contributed by atoms with Crippen LogP contribution >= 0.6 is 0 Å². The molecule has 0 spiro atoms. The number of rotatable bonds is 15. The molecule has 0 aromatic carbocycles. The summed E-state index contributed by atoms with van der Waals surface area (Å²) in [6.45, 7) is 7.51. The second-order valence-electron chi connectivity index (χ2n) is 4.78. The van der Waals surface area contributed by atoms with E-state index in [0.29, 0.717) is 39.6 Å². The first-order valence-corrected chi connectivity index (χ1v) is 7.72. The van der Waals surface area contributed by atoms with Crippen molar-refractivity contribution in [2.45, 2.75) is 39.5 Å². The van der Waals surface area contributed by atoms with Crippen molar-refractivity contribution in [3.63, 3.8) is 0 Å². The highest BCUT2D eigenvalue weighted by Crippen LogP contribution is 2.13. The minimum Gasteiger partial charge on any atom is -0.378 e. The van der Waals surface area contributed by atoms with E-state index in [0.717, 1.165) is 25.7 Å². The number of ketones is 1. The first-order chi connectivity index (χ1) is 9.76. The summed E-state index contributed by atoms with van der Waals surface area (Å²) < 4.78 is 15.8. The van der Waals surface area contributed by atoms with Gasteiger partial charge in [0.25, 0.3) is 0 Å². The normalized spacial score (nSPS) is 12.6. The summed E-state index contributed by atoms with van der Waals surface area (Å²) in [5.74, 6) is 0.368. The highest BCUT2D eigenvalue weighted by atomic mass is 16.5. The van der Waals surface area contributed by atoms with Crippen LogP contribution in [0.5, 0.6) is 0 Å². The molecule has 2 N–H and O–H groups in total. The largest absolute Gasteiger partial charge is 0.378 e. The molecule has 0 aliphatic heterocycles. The molecule has 0 radical (unpaired) electrons. The van der Waals surface area contributed by atoms with E-state index < -0.39 is 0 Å². The molecule has 0 rings (SSSR count). The molecule has 0 fully saturated rings. The van der Waals surface area contributed by atoms with E-state index in [4.69, 9.17) is 19.9 Å². The summed E-state index contributed by atoms with van der Waals surface area (Å²) in [5.41, 5.74) is 5.29. The zero-order chi connectivity index (χ0) is 15.1. The maximum absolute atomic E-state index is 11.9. The SMILES string of the molecule is CCCCC(CC)C(=O)COCCOCCOCCN. The van der Waals surface area contributed by atoms with Crippen LogP contribution in [0.4, 0.5) is 0 Å². The third-order valence-electron chi connectivity index (χ3n) is 3.10. The van der Waals surface area contributed by atoms with Gasteiger partial charge in [-0.15, -0.1) is 0 Å². The Morgan fingerprint density at radius 2 is 1.60 bits per heavy atom. The molecule has 1 unspecified atom stereocenters. The van der Waals surface area contributed by atoms with Crippen LogP contribution in [0.15, 0.2) is 0 Å². The van der Waals surface area contributed by atoms with Gasteiger partial charge >= 0.3 is 0 Å². The first kappa shape index (κ1) is 19.5. The van der Waals surface area contributed by atoms with Gasteiger partial charge in [-0.1, -0.05) is 26.7 Å². The fraction of sp³-hybridized carbons (Fsp3) is 0.933. The van der Waals surface area contributed by atoms with Gasteiger partial charge in [-0.3, -0.25) is 4.79 Å². The lowest BCUT2D eigenvalue weighted by Gasteiger charge is -2.13. The van der Waals surface area contributed by atoms with E-state index in [1.165, 1.54) is 0 Å². The number of ether oxygens (including phenoxy) is 3. The van der Waals surface area contributed by atoms with Crippen LogP contribution < -0.4 is 5.73 Å². The van der Waals surface area contributed by atoms with Gasteiger partial charge < -0.3 is 19.9 Å². The van der Waals surface area contributed by atoms with Crippen molar-refractivity contribution in [2.75, 3.05) is 46.2 Å². The van der Waals surface area contributed by atoms with Gasteiger partial charge in [-0.25, -0.2) is 0 Å². The summed E-state index contributed by atoms with van der Waals surface area (Å²) in [6.07, 6.45) is 4.11. The molecule has 120 valence electrons. The second-order valence-corrected chi connectivity index (χ2v) is 4.78. The van der Waals surface area contributed by atoms with Crippen molar-refractivity contribution >= 4 is 5.78 Å². The van der Waals surface area contributed by atoms with Gasteiger partial charge in [0.15, 0.2) is 5.78 Å². The van der Waals surface area contributed by atoms with Gasteiger partial charge in [0.2, 0.25) is 0 Å². The average Bonchev–Trinajstić information content (AvgIpc) is 2.46. The van der Waals surface area contributed by atoms with Crippen LogP contribution in [0.1, 0.15) is 39.5 Å². The fourth-order valence-corrected chi connectivity index (χ4v) is 1.86. The Hall–Kier alpha value is -0.490. The summed E-state index contributed by atoms with van der Waals surface area (Å²) >= 11 is 0. The standard InChI is InChI=1S/C15H31NO4/c1-3-5-6-14(4-2)15(17)13-20-12-11-19-10-9-18-8-7-16/h14H,3-13,16H2,1-2H3. The number of hydrogen-bond donors (Lipinski definition) is 1. The molecular formula is C15H31NO4. The Morgan fingerprint density at radius 3 is 2.15 bits per heavy atom. The maximum atomic E-state index is 11.9. The highest BCUT2D eigenvalue weighted by Gasteiger charge is 2.15. The molecule has 0 aromatic rings. The summed E-state index contributed by atoms with van der Waals surface area (Å²) in [6, 6.07) is 0. The van der Waals surface area contributed by atoms with E-state index in [1.54, 1.807) is 0 Å². The predicted molar refractivity (Wildman–Crippen MR) is 79.8 cm³/mol. The molecule has 20 heavy (non-hydrogen) atoms. The Labute approximate surface area is 123 Å². The van der Waals surface area contributed by atoms with Gasteiger partial charge in [0.05, 0.1) is 33.0 Å². The Morgan fingerprint density at radius 1 is 1.00 bits per heavy atom. The van der Waals surface area contributed by atoms with Crippen LogP contribution in [-0.2, 0) is 19.0 Å². The van der Waals surface area contributed by atoms with E-state index in [9.17, 15) is 4.79 Å². The molecule has 0 aliphatic carbocycles. The summed E-state index contributed by atoms with van der Waals surface area (Å²) in [4.78, 5) is 11.9. The molecule has 0 bridgehead atoms. The summed E-state index contributed by atoms with van der Waals surface area (Å²) in [5, 5.41) is 0. The van der Waals surface area contributed by atoms with E-state index in [1.807, 2.05) is 0 Å². The lowest BCUT2D eigenvalue weighted by molar-refractivity contribution is -0.128. The fourth-order valence-electron chi connectivity index (χ4n) is 1.86. The van der Waals surface area contributed by atoms with Crippen LogP contribution in [-0.4, -0.2) is 52.0 Å². The van der Waals surface area contributed by atoms with Crippen molar-refractivity contribution in [1.82, 2.24) is 0 Å². The van der Waals surface area contributed by atoms with E-state index in [-0.39, 0.29) is 18.3 Å². The maximum Gasteiger partial charge on any atom is 0.161 e. The van der Waals surface area contributed by atoms with Crippen LogP contribution in [0.2, 0.25) is 0 Å². The first-order valence-electron chi connectivity index (χ1n) is 7.72. The molecule has 1 atom stereocenters. The monoisotopic (exact) mass is 289 g/mol. The smallest absolute Gasteiger partial charge is 0.161 e. The van der Waals surface area contributed by atoms with Gasteiger partial charge in [0.1, 0.15) is 6.61 Å². The Kier molecular flexibility index (Phi) is 14.5. The number of unbranched alkanes of at least 4 members (excludes halogenated alkanes) is 1. The molecule has 0 saturated carbocycles. The van der Waals surface area contributed by atoms with Crippen molar-refractivity contribution in [3.8, 4) is 0 Å². The molecule has 5 heteroatoms. The van der Waals surface area contributed by atoms with E-state index >= 15 is 0 Å². The lowest BCUT2D eigenvalue weighted by atomic mass is 9.95. The molecule has 0 amide bonds. The van der Waals surface area contributed by atoms with Gasteiger partial charge in [-0.05, 0) is 12.8 Å². The van der Waals surface area contributed by atoms with Gasteiger partial charge in [-0.2, -0.15) is 0 Å². The zero-order valence-corrected chi connectivity index (χ0v) is 13.1. The number of carbonyl (C=O) groups excluding carboxylic acids is 1. The quantitative estimate of drug-likeness (QED) is 0.465. The second kappa shape index (κ2) is 14.9. The van der Waals surface area contributed by atoms with Crippen molar-refractivity contribution < 1.29 is 19.0 Å². The number of Topliss-reactive ketones (excluding diaryl/α,β-unsaturated/α-hetero) is 1. The Bertz CT molecular complexity index is 224. The number of nitrogens with two attached hydrogens (primary N) is 1. The average molecular weight is 289 g/mol. The van der Waals surface area contributed by atoms with E-state index in [2.05, 4.69) is 13.8 Å². The molecule has 0 aromatic heterocycles. The minimum absolute atomic E-state index is 0.153. The third-order valence-corrected chi connectivity index (χ3v) is 3.10. The third kappa shape index (κ3) is 11.3. The van der Waals surface area contributed by atoms with Crippen molar-refractivity contribution in [2.24, 2.45) is 11.7 Å². The molecule has 0 heterocycles. The molecule has 5 nitrogen and oxygen atoms in total. The van der Waals surface area contributed by atoms with Gasteiger partial charge in [0, 0.05) is 12.5 Å². The molecule has 0 saturated heterocycles. The predicted octanol–water partition coefficient (Wildman–Crippen LogP) is 1.78. The minimum atomic E-state index is 0.153. The van der Waals surface area contributed by atoms with Crippen LogP contribution in [0, 0.1) is 5.92 Å². The lowest BCUT2D eigenvalue weighted by Crippen LogP contribution is -2.21. The van der Waals surface area contributed by atoms with Crippen molar-refractivity contribution in [3.05, 3.63) is 0 Å². The molecular weight excluding hydrogens is 258 g/mol. The zero-order valence-electron chi connectivity index (χ0n) is 13.1. The van der Waals surface area contributed by atoms with Crippen LogP contribution in [0.25, 0.3) is 0 Å². The van der Waals surface area contributed by atoms with Crippen LogP contribution in [0.3, 0.4) is 0 Å².